The Morgan fingerprint density at radius 1 is 1.20 bits per heavy atom. The Hall–Kier alpha value is -0.900. The van der Waals surface area contributed by atoms with Gasteiger partial charge in [-0.1, -0.05) is 24.3 Å². The van der Waals surface area contributed by atoms with Gasteiger partial charge >= 0.3 is 0 Å². The van der Waals surface area contributed by atoms with Crippen molar-refractivity contribution in [2.24, 2.45) is 11.7 Å². The van der Waals surface area contributed by atoms with Crippen molar-refractivity contribution in [1.82, 2.24) is 4.90 Å². The van der Waals surface area contributed by atoms with Gasteiger partial charge < -0.3 is 10.5 Å². The molecule has 110 valence electrons. The first-order valence-corrected chi connectivity index (χ1v) is 7.86. The van der Waals surface area contributed by atoms with Crippen molar-refractivity contribution in [3.8, 4) is 0 Å². The summed E-state index contributed by atoms with van der Waals surface area (Å²) >= 11 is 0. The molecule has 3 rings (SSSR count). The molecule has 0 radical (unpaired) electrons. The van der Waals surface area contributed by atoms with Gasteiger partial charge in [-0.05, 0) is 55.8 Å². The van der Waals surface area contributed by atoms with Gasteiger partial charge in [-0.25, -0.2) is 0 Å². The lowest BCUT2D eigenvalue weighted by Gasteiger charge is -2.42. The Kier molecular flexibility index (Phi) is 4.39. The van der Waals surface area contributed by atoms with Crippen molar-refractivity contribution in [3.05, 3.63) is 35.4 Å². The first-order chi connectivity index (χ1) is 9.79. The molecule has 2 N–H and O–H groups in total. The van der Waals surface area contributed by atoms with Crippen LogP contribution in [0.2, 0.25) is 0 Å². The van der Waals surface area contributed by atoms with E-state index in [9.17, 15) is 0 Å². The number of hydrogen-bond donors (Lipinski definition) is 1. The topological polar surface area (TPSA) is 38.5 Å². The second-order valence-electron chi connectivity index (χ2n) is 6.27. The molecule has 0 saturated carbocycles. The predicted molar refractivity (Wildman–Crippen MR) is 81.7 cm³/mol. The summed E-state index contributed by atoms with van der Waals surface area (Å²) in [7, 11) is 1.81. The lowest BCUT2D eigenvalue weighted by molar-refractivity contribution is 0.0673. The molecule has 2 unspecified atom stereocenters. The summed E-state index contributed by atoms with van der Waals surface area (Å²) in [5, 5.41) is 0. The van der Waals surface area contributed by atoms with E-state index in [1.807, 2.05) is 0 Å². The van der Waals surface area contributed by atoms with Gasteiger partial charge in [-0.15, -0.1) is 0 Å². The van der Waals surface area contributed by atoms with Gasteiger partial charge in [0.2, 0.25) is 0 Å². The molecule has 0 amide bonds. The Balaban J connectivity index is 1.65. The molecule has 1 aromatic carbocycles. The third-order valence-corrected chi connectivity index (χ3v) is 5.06. The van der Waals surface area contributed by atoms with Crippen LogP contribution in [-0.4, -0.2) is 37.7 Å². The van der Waals surface area contributed by atoms with Gasteiger partial charge in [0.15, 0.2) is 0 Å². The van der Waals surface area contributed by atoms with Crippen LogP contribution in [0.4, 0.5) is 0 Å². The van der Waals surface area contributed by atoms with E-state index in [4.69, 9.17) is 10.5 Å². The van der Waals surface area contributed by atoms with Crippen LogP contribution < -0.4 is 5.73 Å². The first kappa shape index (κ1) is 14.1. The average Bonchev–Trinajstić information content (AvgIpc) is 2.49. The minimum absolute atomic E-state index is 0.180. The number of rotatable bonds is 3. The molecule has 0 spiro atoms. The van der Waals surface area contributed by atoms with Crippen molar-refractivity contribution in [2.45, 2.75) is 37.8 Å². The fraction of sp³-hybridized carbons (Fsp3) is 0.647. The molecule has 1 fully saturated rings. The summed E-state index contributed by atoms with van der Waals surface area (Å²) in [4.78, 5) is 2.62. The molecule has 1 aromatic rings. The Labute approximate surface area is 122 Å². The van der Waals surface area contributed by atoms with Crippen LogP contribution in [-0.2, 0) is 11.2 Å². The highest BCUT2D eigenvalue weighted by molar-refractivity contribution is 5.33. The third-order valence-electron chi connectivity index (χ3n) is 5.06. The van der Waals surface area contributed by atoms with Gasteiger partial charge in [0.1, 0.15) is 0 Å². The van der Waals surface area contributed by atoms with Crippen LogP contribution in [0.15, 0.2) is 24.3 Å². The number of benzene rings is 1. The molecule has 2 atom stereocenters. The number of nitrogens with zero attached hydrogens (tertiary/aromatic N) is 1. The van der Waals surface area contributed by atoms with E-state index >= 15 is 0 Å². The van der Waals surface area contributed by atoms with Crippen LogP contribution in [0.5, 0.6) is 0 Å². The second-order valence-corrected chi connectivity index (χ2v) is 6.27. The number of hydrogen-bond acceptors (Lipinski definition) is 3. The van der Waals surface area contributed by atoms with E-state index in [0.29, 0.717) is 6.04 Å². The van der Waals surface area contributed by atoms with E-state index in [-0.39, 0.29) is 6.04 Å². The van der Waals surface area contributed by atoms with Crippen molar-refractivity contribution in [1.29, 1.82) is 0 Å². The van der Waals surface area contributed by atoms with E-state index in [2.05, 4.69) is 29.2 Å². The van der Waals surface area contributed by atoms with Crippen molar-refractivity contribution >= 4 is 0 Å². The third kappa shape index (κ3) is 2.76. The van der Waals surface area contributed by atoms with Gasteiger partial charge in [0.25, 0.3) is 0 Å². The second kappa shape index (κ2) is 6.25. The van der Waals surface area contributed by atoms with Crippen LogP contribution in [0, 0.1) is 5.92 Å². The standard InChI is InChI=1S/C17H26N2O/c1-20-12-13-8-10-19(11-9-13)16-7-6-14-4-2-3-5-15(14)17(16)18/h2-5,13,16-17H,6-12,18H2,1H3. The molecule has 0 aromatic heterocycles. The zero-order chi connectivity index (χ0) is 13.9. The lowest BCUT2D eigenvalue weighted by Crippen LogP contribution is -2.49. The molecule has 1 saturated heterocycles. The zero-order valence-electron chi connectivity index (χ0n) is 12.4. The first-order valence-electron chi connectivity index (χ1n) is 7.86. The van der Waals surface area contributed by atoms with Gasteiger partial charge in [-0.3, -0.25) is 4.90 Å². The van der Waals surface area contributed by atoms with Crippen molar-refractivity contribution < 1.29 is 4.74 Å². The summed E-state index contributed by atoms with van der Waals surface area (Å²) in [6, 6.07) is 9.39. The number of ether oxygens (including phenoxy) is 1. The molecule has 1 aliphatic carbocycles. The molecule has 1 aliphatic heterocycles. The van der Waals surface area contributed by atoms with E-state index < -0.39 is 0 Å². The largest absolute Gasteiger partial charge is 0.384 e. The highest BCUT2D eigenvalue weighted by Gasteiger charge is 2.32. The number of nitrogens with two attached hydrogens (primary N) is 1. The molecule has 2 aliphatic rings. The average molecular weight is 274 g/mol. The Morgan fingerprint density at radius 3 is 2.70 bits per heavy atom. The number of fused-ring (bicyclic) bond motifs is 1. The highest BCUT2D eigenvalue weighted by atomic mass is 16.5. The summed E-state index contributed by atoms with van der Waals surface area (Å²) in [5.74, 6) is 0.739. The maximum Gasteiger partial charge on any atom is 0.0491 e. The summed E-state index contributed by atoms with van der Waals surface area (Å²) in [6.07, 6.45) is 4.87. The van der Waals surface area contributed by atoms with Crippen LogP contribution in [0.3, 0.4) is 0 Å². The number of aryl methyl sites for hydroxylation is 1. The summed E-state index contributed by atoms with van der Waals surface area (Å²) in [6.45, 7) is 3.26. The van der Waals surface area contributed by atoms with E-state index in [1.165, 1.54) is 49.9 Å². The molecule has 20 heavy (non-hydrogen) atoms. The monoisotopic (exact) mass is 274 g/mol. The molecular weight excluding hydrogens is 248 g/mol. The van der Waals surface area contributed by atoms with Crippen molar-refractivity contribution in [3.63, 3.8) is 0 Å². The van der Waals surface area contributed by atoms with Gasteiger partial charge in [0, 0.05) is 25.8 Å². The smallest absolute Gasteiger partial charge is 0.0491 e. The maximum atomic E-state index is 6.55. The SMILES string of the molecule is COCC1CCN(C2CCc3ccccc3C2N)CC1. The molecule has 0 bridgehead atoms. The van der Waals surface area contributed by atoms with E-state index in [0.717, 1.165) is 12.5 Å². The van der Waals surface area contributed by atoms with Crippen LogP contribution in [0.1, 0.15) is 36.4 Å². The predicted octanol–water partition coefficient (Wildman–Crippen LogP) is 2.36. The highest BCUT2D eigenvalue weighted by Crippen LogP contribution is 2.33. The Bertz CT molecular complexity index is 440. The van der Waals surface area contributed by atoms with Crippen LogP contribution >= 0.6 is 0 Å². The van der Waals surface area contributed by atoms with Crippen LogP contribution in [0.25, 0.3) is 0 Å². The minimum Gasteiger partial charge on any atom is -0.384 e. The molecule has 1 heterocycles. The minimum atomic E-state index is 0.180. The fourth-order valence-electron chi connectivity index (χ4n) is 3.87. The number of likely N-dealkylation sites (tertiary alicyclic amines) is 1. The fourth-order valence-corrected chi connectivity index (χ4v) is 3.87. The maximum absolute atomic E-state index is 6.55. The normalized spacial score (nSPS) is 28.3. The Morgan fingerprint density at radius 2 is 1.95 bits per heavy atom. The van der Waals surface area contributed by atoms with Gasteiger partial charge in [-0.2, -0.15) is 0 Å². The molecule has 3 heteroatoms. The quantitative estimate of drug-likeness (QED) is 0.919. The lowest BCUT2D eigenvalue weighted by atomic mass is 9.82. The van der Waals surface area contributed by atoms with E-state index in [1.54, 1.807) is 7.11 Å². The van der Waals surface area contributed by atoms with Crippen molar-refractivity contribution in [2.75, 3.05) is 26.8 Å². The zero-order valence-corrected chi connectivity index (χ0v) is 12.4. The summed E-state index contributed by atoms with van der Waals surface area (Å²) in [5.41, 5.74) is 9.36. The van der Waals surface area contributed by atoms with Gasteiger partial charge in [0.05, 0.1) is 0 Å². The summed E-state index contributed by atoms with van der Waals surface area (Å²) < 4.78 is 5.29. The number of methoxy groups -OCH3 is 1. The molecule has 3 nitrogen and oxygen atoms in total. The number of piperidine rings is 1. The molecular formula is C17H26N2O.